The van der Waals surface area contributed by atoms with E-state index in [1.54, 1.807) is 18.4 Å². The second kappa shape index (κ2) is 6.17. The first-order valence-electron chi connectivity index (χ1n) is 5.08. The maximum atomic E-state index is 6.04. The van der Waals surface area contributed by atoms with E-state index in [1.165, 1.54) is 4.88 Å². The predicted octanol–water partition coefficient (Wildman–Crippen LogP) is 2.43. The highest BCUT2D eigenvalue weighted by molar-refractivity contribution is 7.09. The quantitative estimate of drug-likeness (QED) is 0.787. The molecule has 0 spiro atoms. The highest BCUT2D eigenvalue weighted by atomic mass is 32.1. The van der Waals surface area contributed by atoms with Crippen LogP contribution in [0.15, 0.2) is 17.5 Å². The van der Waals surface area contributed by atoms with Crippen molar-refractivity contribution < 1.29 is 4.74 Å². The van der Waals surface area contributed by atoms with E-state index in [2.05, 4.69) is 24.4 Å². The highest BCUT2D eigenvalue weighted by Crippen LogP contribution is 2.14. The van der Waals surface area contributed by atoms with Crippen LogP contribution in [-0.4, -0.2) is 19.3 Å². The third-order valence-corrected chi connectivity index (χ3v) is 3.42. The van der Waals surface area contributed by atoms with E-state index >= 15 is 0 Å². The maximum Gasteiger partial charge on any atom is 0.0719 e. The number of hydrogen-bond donors (Lipinski definition) is 1. The molecule has 2 atom stereocenters. The van der Waals surface area contributed by atoms with Crippen LogP contribution >= 0.6 is 11.3 Å². The zero-order chi connectivity index (χ0) is 10.4. The Morgan fingerprint density at radius 1 is 1.57 bits per heavy atom. The van der Waals surface area contributed by atoms with Crippen molar-refractivity contribution in [2.75, 3.05) is 7.11 Å². The van der Waals surface area contributed by atoms with Gasteiger partial charge in [-0.15, -0.1) is 11.3 Å². The molecule has 0 saturated carbocycles. The summed E-state index contributed by atoms with van der Waals surface area (Å²) in [5, 5.41) is 2.11. The SMILES string of the molecule is CCC(OC)C(N)CCc1cccs1. The zero-order valence-electron chi connectivity index (χ0n) is 8.90. The van der Waals surface area contributed by atoms with Crippen LogP contribution in [-0.2, 0) is 11.2 Å². The van der Waals surface area contributed by atoms with Crippen molar-refractivity contribution in [3.63, 3.8) is 0 Å². The molecule has 14 heavy (non-hydrogen) atoms. The number of ether oxygens (including phenoxy) is 1. The Hall–Kier alpha value is -0.380. The van der Waals surface area contributed by atoms with Crippen LogP contribution in [0.25, 0.3) is 0 Å². The van der Waals surface area contributed by atoms with E-state index < -0.39 is 0 Å². The van der Waals surface area contributed by atoms with Gasteiger partial charge in [0.2, 0.25) is 0 Å². The van der Waals surface area contributed by atoms with Crippen LogP contribution in [0.4, 0.5) is 0 Å². The molecule has 0 bridgehead atoms. The van der Waals surface area contributed by atoms with Crippen LogP contribution in [0, 0.1) is 0 Å². The van der Waals surface area contributed by atoms with Crippen LogP contribution in [0.5, 0.6) is 0 Å². The summed E-state index contributed by atoms with van der Waals surface area (Å²) in [7, 11) is 1.74. The molecule has 1 aromatic rings. The summed E-state index contributed by atoms with van der Waals surface area (Å²) in [5.41, 5.74) is 6.04. The van der Waals surface area contributed by atoms with Crippen LogP contribution < -0.4 is 5.73 Å². The van der Waals surface area contributed by atoms with Gasteiger partial charge in [0.25, 0.3) is 0 Å². The first-order chi connectivity index (χ1) is 6.77. The lowest BCUT2D eigenvalue weighted by molar-refractivity contribution is 0.0749. The monoisotopic (exact) mass is 213 g/mol. The molecule has 0 saturated heterocycles. The topological polar surface area (TPSA) is 35.2 Å². The molecule has 1 heterocycles. The standard InChI is InChI=1S/C11H19NOS/c1-3-11(13-2)10(12)7-6-9-5-4-8-14-9/h4-5,8,10-11H,3,6-7,12H2,1-2H3. The number of methoxy groups -OCH3 is 1. The highest BCUT2D eigenvalue weighted by Gasteiger charge is 2.14. The zero-order valence-corrected chi connectivity index (χ0v) is 9.72. The molecule has 0 radical (unpaired) electrons. The number of aryl methyl sites for hydroxylation is 1. The molecule has 0 aliphatic rings. The number of hydrogen-bond acceptors (Lipinski definition) is 3. The van der Waals surface area contributed by atoms with Crippen molar-refractivity contribution >= 4 is 11.3 Å². The van der Waals surface area contributed by atoms with Gasteiger partial charge in [0, 0.05) is 18.0 Å². The fourth-order valence-corrected chi connectivity index (χ4v) is 2.32. The smallest absolute Gasteiger partial charge is 0.0719 e. The third kappa shape index (κ3) is 3.40. The van der Waals surface area contributed by atoms with E-state index in [0.29, 0.717) is 0 Å². The van der Waals surface area contributed by atoms with E-state index in [-0.39, 0.29) is 12.1 Å². The lowest BCUT2D eigenvalue weighted by Gasteiger charge is -2.20. The minimum Gasteiger partial charge on any atom is -0.380 e. The van der Waals surface area contributed by atoms with E-state index in [1.807, 2.05) is 0 Å². The Balaban J connectivity index is 2.30. The Morgan fingerprint density at radius 3 is 2.86 bits per heavy atom. The number of thiophene rings is 1. The van der Waals surface area contributed by atoms with Crippen LogP contribution in [0.3, 0.4) is 0 Å². The molecule has 2 unspecified atom stereocenters. The Bertz CT molecular complexity index is 231. The van der Waals surface area contributed by atoms with Gasteiger partial charge < -0.3 is 10.5 Å². The number of rotatable bonds is 6. The van der Waals surface area contributed by atoms with Crippen molar-refractivity contribution in [1.29, 1.82) is 0 Å². The summed E-state index contributed by atoms with van der Waals surface area (Å²) in [4.78, 5) is 1.41. The van der Waals surface area contributed by atoms with E-state index in [0.717, 1.165) is 19.3 Å². The molecule has 0 aliphatic heterocycles. The van der Waals surface area contributed by atoms with Gasteiger partial charge in [-0.2, -0.15) is 0 Å². The average Bonchev–Trinajstić information content (AvgIpc) is 2.69. The van der Waals surface area contributed by atoms with E-state index in [9.17, 15) is 0 Å². The molecule has 3 heteroatoms. The summed E-state index contributed by atoms with van der Waals surface area (Å²) < 4.78 is 5.31. The Kier molecular flexibility index (Phi) is 5.15. The molecule has 0 fully saturated rings. The molecule has 2 nitrogen and oxygen atoms in total. The fourth-order valence-electron chi connectivity index (χ4n) is 1.59. The molecule has 0 aromatic carbocycles. The van der Waals surface area contributed by atoms with Gasteiger partial charge in [-0.05, 0) is 30.7 Å². The second-order valence-electron chi connectivity index (χ2n) is 3.46. The largest absolute Gasteiger partial charge is 0.380 e. The third-order valence-electron chi connectivity index (χ3n) is 2.49. The molecule has 1 aromatic heterocycles. The molecule has 2 N–H and O–H groups in total. The van der Waals surface area contributed by atoms with Gasteiger partial charge in [0.15, 0.2) is 0 Å². The lowest BCUT2D eigenvalue weighted by atomic mass is 10.0. The average molecular weight is 213 g/mol. The van der Waals surface area contributed by atoms with Crippen molar-refractivity contribution in [3.8, 4) is 0 Å². The summed E-state index contributed by atoms with van der Waals surface area (Å²) in [6.45, 7) is 2.11. The Morgan fingerprint density at radius 2 is 2.36 bits per heavy atom. The molecule has 1 rings (SSSR count). The van der Waals surface area contributed by atoms with Crippen LogP contribution in [0.1, 0.15) is 24.6 Å². The van der Waals surface area contributed by atoms with Gasteiger partial charge in [-0.3, -0.25) is 0 Å². The molecular weight excluding hydrogens is 194 g/mol. The van der Waals surface area contributed by atoms with Crippen molar-refractivity contribution in [3.05, 3.63) is 22.4 Å². The van der Waals surface area contributed by atoms with Crippen molar-refractivity contribution in [2.24, 2.45) is 5.73 Å². The van der Waals surface area contributed by atoms with Crippen molar-refractivity contribution in [1.82, 2.24) is 0 Å². The summed E-state index contributed by atoms with van der Waals surface area (Å²) >= 11 is 1.80. The predicted molar refractivity (Wildman–Crippen MR) is 61.7 cm³/mol. The first kappa shape index (κ1) is 11.7. The van der Waals surface area contributed by atoms with E-state index in [4.69, 9.17) is 10.5 Å². The normalized spacial score (nSPS) is 15.4. The van der Waals surface area contributed by atoms with Gasteiger partial charge in [0.1, 0.15) is 0 Å². The molecular formula is C11H19NOS. The molecule has 0 aliphatic carbocycles. The minimum atomic E-state index is 0.159. The lowest BCUT2D eigenvalue weighted by Crippen LogP contribution is -2.35. The second-order valence-corrected chi connectivity index (χ2v) is 4.50. The van der Waals surface area contributed by atoms with Crippen LogP contribution in [0.2, 0.25) is 0 Å². The molecule has 80 valence electrons. The van der Waals surface area contributed by atoms with Crippen molar-refractivity contribution in [2.45, 2.75) is 38.3 Å². The molecule has 0 amide bonds. The maximum absolute atomic E-state index is 6.04. The minimum absolute atomic E-state index is 0.159. The van der Waals surface area contributed by atoms with Gasteiger partial charge in [0.05, 0.1) is 6.10 Å². The van der Waals surface area contributed by atoms with Gasteiger partial charge >= 0.3 is 0 Å². The Labute approximate surface area is 90.1 Å². The first-order valence-corrected chi connectivity index (χ1v) is 5.96. The fraction of sp³-hybridized carbons (Fsp3) is 0.636. The van der Waals surface area contributed by atoms with Gasteiger partial charge in [-0.25, -0.2) is 0 Å². The van der Waals surface area contributed by atoms with Gasteiger partial charge in [-0.1, -0.05) is 13.0 Å². The summed E-state index contributed by atoms with van der Waals surface area (Å²) in [5.74, 6) is 0. The summed E-state index contributed by atoms with van der Waals surface area (Å²) in [6, 6.07) is 4.40. The number of nitrogens with two attached hydrogens (primary N) is 1. The summed E-state index contributed by atoms with van der Waals surface area (Å²) in [6.07, 6.45) is 3.27.